The molecule has 2 heteroatoms. The summed E-state index contributed by atoms with van der Waals surface area (Å²) in [6.45, 7) is 8.32. The van der Waals surface area contributed by atoms with Crippen LogP contribution in [-0.2, 0) is 0 Å². The largest absolute Gasteiger partial charge is 0.301 e. The van der Waals surface area contributed by atoms with Crippen LogP contribution >= 0.6 is 12.4 Å². The highest BCUT2D eigenvalue weighted by Gasteiger charge is 2.32. The molecule has 1 aliphatic rings. The van der Waals surface area contributed by atoms with Gasteiger partial charge in [-0.2, -0.15) is 0 Å². The smallest absolute Gasteiger partial charge is 0.0175 e. The highest BCUT2D eigenvalue weighted by atomic mass is 35.5. The Hall–Kier alpha value is 0.250. The summed E-state index contributed by atoms with van der Waals surface area (Å²) < 4.78 is 0. The summed E-state index contributed by atoms with van der Waals surface area (Å²) in [4.78, 5) is 2.47. The van der Waals surface area contributed by atoms with Crippen molar-refractivity contribution in [2.45, 2.75) is 39.2 Å². The Morgan fingerprint density at radius 3 is 2.27 bits per heavy atom. The summed E-state index contributed by atoms with van der Waals surface area (Å²) in [6, 6.07) is 0. The molecule has 11 heavy (non-hydrogen) atoms. The van der Waals surface area contributed by atoms with Crippen LogP contribution in [0.2, 0.25) is 0 Å². The normalized spacial score (nSPS) is 31.1. The molecule has 0 saturated carbocycles. The van der Waals surface area contributed by atoms with Gasteiger partial charge in [0.05, 0.1) is 0 Å². The van der Waals surface area contributed by atoms with Crippen LogP contribution in [0.1, 0.15) is 33.6 Å². The summed E-state index contributed by atoms with van der Waals surface area (Å²) in [6.07, 6.45) is 2.78. The molecule has 0 radical (unpaired) electrons. The summed E-state index contributed by atoms with van der Waals surface area (Å²) in [5, 5.41) is 0. The van der Waals surface area contributed by atoms with Gasteiger partial charge in [-0.05, 0) is 46.2 Å². The van der Waals surface area contributed by atoms with Gasteiger partial charge in [-0.25, -0.2) is 0 Å². The first kappa shape index (κ1) is 11.2. The van der Waals surface area contributed by atoms with Gasteiger partial charge in [0.15, 0.2) is 0 Å². The topological polar surface area (TPSA) is 3.24 Å². The van der Waals surface area contributed by atoms with Crippen LogP contribution in [0.3, 0.4) is 0 Å². The first-order valence-corrected chi connectivity index (χ1v) is 4.26. The van der Waals surface area contributed by atoms with E-state index in [1.165, 1.54) is 19.4 Å². The second kappa shape index (κ2) is 3.77. The molecule has 0 aromatic heterocycles. The molecule has 0 spiro atoms. The molecule has 0 aromatic carbocycles. The number of rotatable bonds is 0. The van der Waals surface area contributed by atoms with Gasteiger partial charge in [-0.1, -0.05) is 6.92 Å². The van der Waals surface area contributed by atoms with Gasteiger partial charge in [0, 0.05) is 5.54 Å². The van der Waals surface area contributed by atoms with Crippen molar-refractivity contribution in [2.24, 2.45) is 5.92 Å². The zero-order chi connectivity index (χ0) is 7.78. The quantitative estimate of drug-likeness (QED) is 0.550. The molecule has 1 rings (SSSR count). The average Bonchev–Trinajstić information content (AvgIpc) is 1.84. The van der Waals surface area contributed by atoms with Crippen LogP contribution in [0.25, 0.3) is 0 Å². The number of halogens is 1. The molecule has 0 bridgehead atoms. The van der Waals surface area contributed by atoms with Crippen molar-refractivity contribution in [2.75, 3.05) is 13.6 Å². The summed E-state index contributed by atoms with van der Waals surface area (Å²) in [5.41, 5.74) is 0.429. The number of likely N-dealkylation sites (tertiary alicyclic amines) is 1. The molecule has 0 aromatic rings. The molecule has 1 atom stereocenters. The molecule has 1 saturated heterocycles. The average molecular weight is 178 g/mol. The Labute approximate surface area is 76.6 Å². The molecular weight excluding hydrogens is 158 g/mol. The van der Waals surface area contributed by atoms with E-state index in [4.69, 9.17) is 0 Å². The van der Waals surface area contributed by atoms with Gasteiger partial charge in [-0.15, -0.1) is 12.4 Å². The first-order valence-electron chi connectivity index (χ1n) is 4.26. The van der Waals surface area contributed by atoms with Gasteiger partial charge in [-0.3, -0.25) is 0 Å². The Morgan fingerprint density at radius 1 is 1.36 bits per heavy atom. The van der Waals surface area contributed by atoms with Crippen molar-refractivity contribution in [3.05, 3.63) is 0 Å². The summed E-state index contributed by atoms with van der Waals surface area (Å²) in [7, 11) is 2.23. The maximum absolute atomic E-state index is 2.47. The highest BCUT2D eigenvalue weighted by molar-refractivity contribution is 5.85. The van der Waals surface area contributed by atoms with Crippen molar-refractivity contribution in [1.82, 2.24) is 4.90 Å². The molecule has 1 nitrogen and oxygen atoms in total. The fraction of sp³-hybridized carbons (Fsp3) is 1.00. The minimum absolute atomic E-state index is 0. The Morgan fingerprint density at radius 2 is 1.91 bits per heavy atom. The molecule has 1 aliphatic heterocycles. The Balaban J connectivity index is 0.000001000. The van der Waals surface area contributed by atoms with E-state index in [1.807, 2.05) is 0 Å². The maximum Gasteiger partial charge on any atom is 0.0175 e. The minimum atomic E-state index is 0. The molecule has 1 unspecified atom stereocenters. The van der Waals surface area contributed by atoms with E-state index < -0.39 is 0 Å². The molecule has 68 valence electrons. The predicted octanol–water partition coefficient (Wildman–Crippen LogP) is 2.55. The summed E-state index contributed by atoms with van der Waals surface area (Å²) >= 11 is 0. The predicted molar refractivity (Wildman–Crippen MR) is 52.4 cm³/mol. The van der Waals surface area contributed by atoms with Gasteiger partial charge < -0.3 is 4.90 Å². The standard InChI is InChI=1S/C9H19N.ClH/c1-8-6-5-7-10(4)9(8,2)3;/h8H,5-7H2,1-4H3;1H. The molecule has 0 amide bonds. The number of hydrogen-bond donors (Lipinski definition) is 0. The van der Waals surface area contributed by atoms with Crippen molar-refractivity contribution >= 4 is 12.4 Å². The van der Waals surface area contributed by atoms with Crippen LogP contribution in [0.4, 0.5) is 0 Å². The molecular formula is C9H20ClN. The van der Waals surface area contributed by atoms with Crippen molar-refractivity contribution < 1.29 is 0 Å². The zero-order valence-corrected chi connectivity index (χ0v) is 8.87. The van der Waals surface area contributed by atoms with E-state index >= 15 is 0 Å². The molecule has 1 fully saturated rings. The van der Waals surface area contributed by atoms with Crippen LogP contribution in [-0.4, -0.2) is 24.0 Å². The third-order valence-corrected chi connectivity index (χ3v) is 3.32. The highest BCUT2D eigenvalue weighted by Crippen LogP contribution is 2.30. The fourth-order valence-electron chi connectivity index (χ4n) is 1.65. The number of nitrogens with zero attached hydrogens (tertiary/aromatic N) is 1. The van der Waals surface area contributed by atoms with E-state index in [1.54, 1.807) is 0 Å². The second-order valence-corrected chi connectivity index (χ2v) is 4.12. The van der Waals surface area contributed by atoms with Gasteiger partial charge in [0.1, 0.15) is 0 Å². The maximum atomic E-state index is 2.47. The molecule has 1 heterocycles. The number of piperidine rings is 1. The third-order valence-electron chi connectivity index (χ3n) is 3.32. The third kappa shape index (κ3) is 2.09. The van der Waals surface area contributed by atoms with Gasteiger partial charge in [0.25, 0.3) is 0 Å². The van der Waals surface area contributed by atoms with E-state index in [2.05, 4.69) is 32.7 Å². The van der Waals surface area contributed by atoms with Crippen LogP contribution < -0.4 is 0 Å². The lowest BCUT2D eigenvalue weighted by Crippen LogP contribution is -2.49. The van der Waals surface area contributed by atoms with Gasteiger partial charge >= 0.3 is 0 Å². The lowest BCUT2D eigenvalue weighted by Gasteiger charge is -2.44. The van der Waals surface area contributed by atoms with E-state index in [-0.39, 0.29) is 12.4 Å². The Bertz CT molecular complexity index is 111. The first-order chi connectivity index (χ1) is 4.55. The Kier molecular flexibility index (Phi) is 3.86. The van der Waals surface area contributed by atoms with Crippen LogP contribution in [0.15, 0.2) is 0 Å². The monoisotopic (exact) mass is 177 g/mol. The van der Waals surface area contributed by atoms with E-state index in [0.717, 1.165) is 5.92 Å². The van der Waals surface area contributed by atoms with E-state index in [9.17, 15) is 0 Å². The lowest BCUT2D eigenvalue weighted by atomic mass is 9.81. The SMILES string of the molecule is CC1CCCN(C)C1(C)C.Cl. The van der Waals surface area contributed by atoms with Crippen molar-refractivity contribution in [1.29, 1.82) is 0 Å². The number of hydrogen-bond acceptors (Lipinski definition) is 1. The minimum Gasteiger partial charge on any atom is -0.301 e. The second-order valence-electron chi connectivity index (χ2n) is 4.12. The van der Waals surface area contributed by atoms with Crippen molar-refractivity contribution in [3.8, 4) is 0 Å². The van der Waals surface area contributed by atoms with E-state index in [0.29, 0.717) is 5.54 Å². The van der Waals surface area contributed by atoms with Crippen LogP contribution in [0.5, 0.6) is 0 Å². The molecule has 0 N–H and O–H groups in total. The van der Waals surface area contributed by atoms with Crippen molar-refractivity contribution in [3.63, 3.8) is 0 Å². The van der Waals surface area contributed by atoms with Crippen LogP contribution in [0, 0.1) is 5.92 Å². The molecule has 0 aliphatic carbocycles. The zero-order valence-electron chi connectivity index (χ0n) is 8.05. The van der Waals surface area contributed by atoms with Gasteiger partial charge in [0.2, 0.25) is 0 Å². The summed E-state index contributed by atoms with van der Waals surface area (Å²) in [5.74, 6) is 0.853. The fourth-order valence-corrected chi connectivity index (χ4v) is 1.65. The lowest BCUT2D eigenvalue weighted by molar-refractivity contribution is 0.0547.